The van der Waals surface area contributed by atoms with E-state index in [1.807, 2.05) is 0 Å². The van der Waals surface area contributed by atoms with Crippen LogP contribution in [0.25, 0.3) is 0 Å². The second kappa shape index (κ2) is 4.30. The quantitative estimate of drug-likeness (QED) is 0.798. The number of ether oxygens (including phenoxy) is 1. The maximum Gasteiger partial charge on any atom is 0.0838 e. The molecule has 1 aliphatic heterocycles. The van der Waals surface area contributed by atoms with E-state index in [1.165, 1.54) is 25.7 Å². The van der Waals surface area contributed by atoms with E-state index >= 15 is 0 Å². The summed E-state index contributed by atoms with van der Waals surface area (Å²) in [7, 11) is 0. The van der Waals surface area contributed by atoms with Crippen LogP contribution in [0.3, 0.4) is 0 Å². The van der Waals surface area contributed by atoms with Gasteiger partial charge in [-0.2, -0.15) is 0 Å². The molecule has 2 aliphatic carbocycles. The molecule has 1 heterocycles. The van der Waals surface area contributed by atoms with Crippen LogP contribution in [-0.4, -0.2) is 23.4 Å². The third kappa shape index (κ3) is 2.02. The highest BCUT2D eigenvalue weighted by Gasteiger charge is 2.41. The molecule has 0 amide bonds. The maximum absolute atomic E-state index is 10.2. The highest BCUT2D eigenvalue weighted by molar-refractivity contribution is 4.92. The molecule has 2 saturated carbocycles. The number of aliphatic hydroxyl groups is 1. The summed E-state index contributed by atoms with van der Waals surface area (Å²) in [5.41, 5.74) is 0. The van der Waals surface area contributed by atoms with Gasteiger partial charge in [0.1, 0.15) is 0 Å². The Morgan fingerprint density at radius 3 is 2.62 bits per heavy atom. The summed E-state index contributed by atoms with van der Waals surface area (Å²) in [6, 6.07) is 0. The van der Waals surface area contributed by atoms with Crippen molar-refractivity contribution in [3.63, 3.8) is 0 Å². The van der Waals surface area contributed by atoms with E-state index < -0.39 is 0 Å². The third-order valence-corrected chi connectivity index (χ3v) is 5.12. The Kier molecular flexibility index (Phi) is 2.97. The molecule has 0 aromatic rings. The lowest BCUT2D eigenvalue weighted by molar-refractivity contribution is -0.0403. The second-order valence-electron chi connectivity index (χ2n) is 6.30. The van der Waals surface area contributed by atoms with Crippen molar-refractivity contribution in [2.75, 3.05) is 0 Å². The van der Waals surface area contributed by atoms with Crippen LogP contribution in [0.1, 0.15) is 51.9 Å². The summed E-state index contributed by atoms with van der Waals surface area (Å²) in [5.74, 6) is 2.72. The van der Waals surface area contributed by atoms with Gasteiger partial charge in [0.25, 0.3) is 0 Å². The first-order valence-electron chi connectivity index (χ1n) is 7.06. The number of fused-ring (bicyclic) bond motifs is 2. The Morgan fingerprint density at radius 2 is 2.06 bits per heavy atom. The predicted molar refractivity (Wildman–Crippen MR) is 63.1 cm³/mol. The van der Waals surface area contributed by atoms with E-state index in [9.17, 15) is 5.11 Å². The zero-order chi connectivity index (χ0) is 11.1. The standard InChI is InChI=1S/C14H24O2/c1-9-2-5-14(16-9)13(15)8-12-7-10-3-4-11(12)6-10/h9-15H,2-8H2,1H3. The largest absolute Gasteiger partial charge is 0.390 e. The van der Waals surface area contributed by atoms with E-state index in [2.05, 4.69) is 6.92 Å². The molecule has 92 valence electrons. The zero-order valence-electron chi connectivity index (χ0n) is 10.3. The van der Waals surface area contributed by atoms with Crippen LogP contribution >= 0.6 is 0 Å². The van der Waals surface area contributed by atoms with E-state index in [0.717, 1.165) is 37.0 Å². The number of rotatable bonds is 3. The minimum absolute atomic E-state index is 0.133. The van der Waals surface area contributed by atoms with Crippen LogP contribution in [0.15, 0.2) is 0 Å². The molecular weight excluding hydrogens is 200 g/mol. The number of hydrogen-bond acceptors (Lipinski definition) is 2. The molecule has 16 heavy (non-hydrogen) atoms. The molecule has 1 saturated heterocycles. The van der Waals surface area contributed by atoms with Crippen LogP contribution < -0.4 is 0 Å². The van der Waals surface area contributed by atoms with E-state index in [4.69, 9.17) is 4.74 Å². The normalized spacial score (nSPS) is 48.8. The Bertz CT molecular complexity index is 253. The molecule has 0 radical (unpaired) electrons. The van der Waals surface area contributed by atoms with E-state index in [0.29, 0.717) is 6.10 Å². The molecule has 0 aromatic heterocycles. The molecule has 1 N–H and O–H groups in total. The monoisotopic (exact) mass is 224 g/mol. The Hall–Kier alpha value is -0.0800. The highest BCUT2D eigenvalue weighted by Crippen LogP contribution is 2.50. The molecule has 6 unspecified atom stereocenters. The van der Waals surface area contributed by atoms with Gasteiger partial charge in [0.2, 0.25) is 0 Å². The second-order valence-corrected chi connectivity index (χ2v) is 6.30. The number of hydrogen-bond donors (Lipinski definition) is 1. The summed E-state index contributed by atoms with van der Waals surface area (Å²) < 4.78 is 5.76. The summed E-state index contributed by atoms with van der Waals surface area (Å²) in [4.78, 5) is 0. The van der Waals surface area contributed by atoms with Crippen molar-refractivity contribution in [1.29, 1.82) is 0 Å². The van der Waals surface area contributed by atoms with Gasteiger partial charge in [0.15, 0.2) is 0 Å². The van der Waals surface area contributed by atoms with Gasteiger partial charge in [0, 0.05) is 0 Å². The van der Waals surface area contributed by atoms with Gasteiger partial charge >= 0.3 is 0 Å². The predicted octanol–water partition coefficient (Wildman–Crippen LogP) is 2.74. The van der Waals surface area contributed by atoms with Crippen LogP contribution in [0.5, 0.6) is 0 Å². The minimum atomic E-state index is -0.200. The van der Waals surface area contributed by atoms with Gasteiger partial charge in [-0.3, -0.25) is 0 Å². The van der Waals surface area contributed by atoms with Crippen molar-refractivity contribution in [2.45, 2.75) is 70.2 Å². The minimum Gasteiger partial charge on any atom is -0.390 e. The molecule has 0 aromatic carbocycles. The first kappa shape index (κ1) is 11.0. The van der Waals surface area contributed by atoms with Gasteiger partial charge < -0.3 is 9.84 Å². The molecule has 3 fully saturated rings. The number of aliphatic hydroxyl groups excluding tert-OH is 1. The molecule has 0 spiro atoms. The lowest BCUT2D eigenvalue weighted by atomic mass is 9.83. The van der Waals surface area contributed by atoms with Gasteiger partial charge in [-0.05, 0) is 63.2 Å². The lowest BCUT2D eigenvalue weighted by Gasteiger charge is -2.26. The van der Waals surface area contributed by atoms with Gasteiger partial charge in [-0.25, -0.2) is 0 Å². The molecule has 3 aliphatic rings. The van der Waals surface area contributed by atoms with E-state index in [-0.39, 0.29) is 12.2 Å². The topological polar surface area (TPSA) is 29.5 Å². The fourth-order valence-electron chi connectivity index (χ4n) is 4.24. The van der Waals surface area contributed by atoms with Crippen molar-refractivity contribution in [2.24, 2.45) is 17.8 Å². The maximum atomic E-state index is 10.2. The van der Waals surface area contributed by atoms with Crippen LogP contribution in [0.4, 0.5) is 0 Å². The average molecular weight is 224 g/mol. The third-order valence-electron chi connectivity index (χ3n) is 5.12. The SMILES string of the molecule is CC1CCC(C(O)CC2CC3CCC2C3)O1. The smallest absolute Gasteiger partial charge is 0.0838 e. The molecule has 6 atom stereocenters. The van der Waals surface area contributed by atoms with Crippen LogP contribution in [-0.2, 0) is 4.74 Å². The lowest BCUT2D eigenvalue weighted by Crippen LogP contribution is -2.29. The molecule has 2 heteroatoms. The van der Waals surface area contributed by atoms with Gasteiger partial charge in [-0.15, -0.1) is 0 Å². The van der Waals surface area contributed by atoms with Crippen LogP contribution in [0, 0.1) is 17.8 Å². The van der Waals surface area contributed by atoms with Crippen molar-refractivity contribution >= 4 is 0 Å². The summed E-state index contributed by atoms with van der Waals surface area (Å²) >= 11 is 0. The summed E-state index contributed by atoms with van der Waals surface area (Å²) in [6.45, 7) is 2.12. The summed E-state index contributed by atoms with van der Waals surface area (Å²) in [6.07, 6.45) is 9.17. The Morgan fingerprint density at radius 1 is 1.19 bits per heavy atom. The molecular formula is C14H24O2. The Labute approximate surface area is 98.4 Å². The molecule has 2 nitrogen and oxygen atoms in total. The first-order chi connectivity index (χ1) is 7.72. The van der Waals surface area contributed by atoms with Gasteiger partial charge in [0.05, 0.1) is 18.3 Å². The van der Waals surface area contributed by atoms with Crippen molar-refractivity contribution in [3.05, 3.63) is 0 Å². The molecule has 3 rings (SSSR count). The average Bonchev–Trinajstić information content (AvgIpc) is 2.92. The first-order valence-corrected chi connectivity index (χ1v) is 7.06. The highest BCUT2D eigenvalue weighted by atomic mass is 16.5. The van der Waals surface area contributed by atoms with Gasteiger partial charge in [-0.1, -0.05) is 6.42 Å². The summed E-state index contributed by atoms with van der Waals surface area (Å²) in [5, 5.41) is 10.2. The fraction of sp³-hybridized carbons (Fsp3) is 1.00. The van der Waals surface area contributed by atoms with Crippen molar-refractivity contribution in [1.82, 2.24) is 0 Å². The molecule has 2 bridgehead atoms. The van der Waals surface area contributed by atoms with Crippen LogP contribution in [0.2, 0.25) is 0 Å². The van der Waals surface area contributed by atoms with Crippen molar-refractivity contribution in [3.8, 4) is 0 Å². The van der Waals surface area contributed by atoms with Crippen molar-refractivity contribution < 1.29 is 9.84 Å². The fourth-order valence-corrected chi connectivity index (χ4v) is 4.24. The Balaban J connectivity index is 1.51. The zero-order valence-corrected chi connectivity index (χ0v) is 10.3. The van der Waals surface area contributed by atoms with E-state index in [1.54, 1.807) is 0 Å².